The Balaban J connectivity index is 1.72. The number of likely N-dealkylation sites (N-methyl/N-ethyl adjacent to an activating group) is 1. The fraction of sp³-hybridized carbons (Fsp3) is 0.407. The molecule has 1 aliphatic rings. The summed E-state index contributed by atoms with van der Waals surface area (Å²) in [5.41, 5.74) is 15.8. The number of carbonyl (C=O) groups is 4. The summed E-state index contributed by atoms with van der Waals surface area (Å²) in [6, 6.07) is 7.94. The van der Waals surface area contributed by atoms with E-state index in [0.717, 1.165) is 27.8 Å². The molecule has 0 saturated heterocycles. The molecule has 37 heavy (non-hydrogen) atoms. The molecule has 2 aromatic carbocycles. The highest BCUT2D eigenvalue weighted by Gasteiger charge is 2.34. The summed E-state index contributed by atoms with van der Waals surface area (Å²) >= 11 is 0. The van der Waals surface area contributed by atoms with Crippen molar-refractivity contribution in [2.45, 2.75) is 58.3 Å². The van der Waals surface area contributed by atoms with Crippen LogP contribution in [0.5, 0.6) is 5.75 Å². The van der Waals surface area contributed by atoms with Gasteiger partial charge in [0.15, 0.2) is 0 Å². The molecular formula is C27H35N5O5. The molecule has 0 saturated carbocycles. The number of hydrogen-bond acceptors (Lipinski definition) is 6. The molecule has 0 unspecified atom stereocenters. The van der Waals surface area contributed by atoms with E-state index in [-0.39, 0.29) is 31.7 Å². The lowest BCUT2D eigenvalue weighted by molar-refractivity contribution is -0.142. The van der Waals surface area contributed by atoms with Crippen molar-refractivity contribution in [2.24, 2.45) is 11.5 Å². The molecule has 2 aromatic rings. The number of nitrogens with zero attached hydrogens (tertiary/aromatic N) is 2. The first-order valence-corrected chi connectivity index (χ1v) is 12.1. The van der Waals surface area contributed by atoms with Crippen LogP contribution in [0.2, 0.25) is 0 Å². The molecule has 0 fully saturated rings. The molecule has 0 aromatic heterocycles. The molecular weight excluding hydrogens is 474 g/mol. The van der Waals surface area contributed by atoms with Gasteiger partial charge in [0.05, 0.1) is 12.6 Å². The number of nitrogens with one attached hydrogen (secondary N) is 1. The van der Waals surface area contributed by atoms with Gasteiger partial charge in [-0.25, -0.2) is 0 Å². The third-order valence-corrected chi connectivity index (χ3v) is 6.91. The van der Waals surface area contributed by atoms with Crippen molar-refractivity contribution in [2.75, 3.05) is 13.6 Å². The van der Waals surface area contributed by atoms with Crippen LogP contribution in [0.4, 0.5) is 0 Å². The normalized spacial score (nSPS) is 16.8. The van der Waals surface area contributed by atoms with E-state index in [0.29, 0.717) is 0 Å². The number of phenols is 1. The molecule has 0 radical (unpaired) electrons. The number of carbonyl (C=O) groups excluding carboxylic acids is 4. The lowest BCUT2D eigenvalue weighted by Crippen LogP contribution is -2.56. The van der Waals surface area contributed by atoms with E-state index in [1.165, 1.54) is 16.8 Å². The zero-order valence-electron chi connectivity index (χ0n) is 21.7. The standard InChI is InChI=1S/C27H35N5O5/c1-15-9-20(33)10-16(2)21(15)12-22(28)26(36)31(4)17(3)25(35)30-23-11-18-7-5-6-8-19(18)13-32(27(23)37)14-24(29)34/h5-10,17,22-23,33H,11-14,28H2,1-4H3,(H2,29,34)(H,30,35)/t17-,22+,23+/m1/s1. The molecule has 10 nitrogen and oxygen atoms in total. The maximum atomic E-state index is 13.2. The van der Waals surface area contributed by atoms with Crippen LogP contribution in [0.3, 0.4) is 0 Å². The number of nitrogens with two attached hydrogens (primary N) is 2. The summed E-state index contributed by atoms with van der Waals surface area (Å²) in [4.78, 5) is 53.6. The van der Waals surface area contributed by atoms with E-state index in [4.69, 9.17) is 11.5 Å². The topological polar surface area (TPSA) is 159 Å². The Hall–Kier alpha value is -3.92. The molecule has 0 bridgehead atoms. The molecule has 3 atom stereocenters. The Morgan fingerprint density at radius 1 is 1.16 bits per heavy atom. The number of aromatic hydroxyl groups is 1. The molecule has 1 heterocycles. The van der Waals surface area contributed by atoms with Crippen LogP contribution in [0.15, 0.2) is 36.4 Å². The Kier molecular flexibility index (Phi) is 8.54. The predicted octanol–water partition coefficient (Wildman–Crippen LogP) is 0.281. The van der Waals surface area contributed by atoms with Crippen LogP contribution in [-0.2, 0) is 38.6 Å². The number of hydrogen-bond donors (Lipinski definition) is 4. The molecule has 1 aliphatic heterocycles. The molecule has 0 aliphatic carbocycles. The summed E-state index contributed by atoms with van der Waals surface area (Å²) in [7, 11) is 1.49. The number of primary amides is 1. The molecule has 198 valence electrons. The zero-order valence-corrected chi connectivity index (χ0v) is 21.7. The van der Waals surface area contributed by atoms with Crippen molar-refractivity contribution >= 4 is 23.6 Å². The first-order chi connectivity index (χ1) is 17.4. The lowest BCUT2D eigenvalue weighted by Gasteiger charge is -2.29. The van der Waals surface area contributed by atoms with Crippen molar-refractivity contribution < 1.29 is 24.3 Å². The second-order valence-corrected chi connectivity index (χ2v) is 9.69. The van der Waals surface area contributed by atoms with Gasteiger partial charge >= 0.3 is 0 Å². The van der Waals surface area contributed by atoms with Gasteiger partial charge in [-0.1, -0.05) is 24.3 Å². The smallest absolute Gasteiger partial charge is 0.246 e. The number of amides is 4. The summed E-state index contributed by atoms with van der Waals surface area (Å²) in [6.45, 7) is 5.18. The molecule has 10 heteroatoms. The maximum Gasteiger partial charge on any atom is 0.246 e. The van der Waals surface area contributed by atoms with Crippen molar-refractivity contribution in [1.82, 2.24) is 15.1 Å². The van der Waals surface area contributed by atoms with Crippen LogP contribution in [0.25, 0.3) is 0 Å². The van der Waals surface area contributed by atoms with Gasteiger partial charge in [0.2, 0.25) is 23.6 Å². The van der Waals surface area contributed by atoms with Crippen LogP contribution >= 0.6 is 0 Å². The Morgan fingerprint density at radius 3 is 2.35 bits per heavy atom. The van der Waals surface area contributed by atoms with Gasteiger partial charge in [0.25, 0.3) is 0 Å². The highest BCUT2D eigenvalue weighted by Crippen LogP contribution is 2.23. The second-order valence-electron chi connectivity index (χ2n) is 9.69. The van der Waals surface area contributed by atoms with E-state index in [1.54, 1.807) is 19.1 Å². The van der Waals surface area contributed by atoms with Crippen LogP contribution in [0, 0.1) is 13.8 Å². The lowest BCUT2D eigenvalue weighted by atomic mass is 9.95. The van der Waals surface area contributed by atoms with E-state index in [2.05, 4.69) is 5.32 Å². The second kappa shape index (κ2) is 11.4. The van der Waals surface area contributed by atoms with Gasteiger partial charge in [0.1, 0.15) is 17.8 Å². The van der Waals surface area contributed by atoms with E-state index in [1.807, 2.05) is 38.1 Å². The van der Waals surface area contributed by atoms with Crippen molar-refractivity contribution in [3.8, 4) is 5.75 Å². The monoisotopic (exact) mass is 509 g/mol. The fourth-order valence-corrected chi connectivity index (χ4v) is 4.68. The van der Waals surface area contributed by atoms with E-state index >= 15 is 0 Å². The number of fused-ring (bicyclic) bond motifs is 1. The Labute approximate surface area is 216 Å². The number of benzene rings is 2. The van der Waals surface area contributed by atoms with Crippen molar-refractivity contribution in [3.63, 3.8) is 0 Å². The third-order valence-electron chi connectivity index (χ3n) is 6.91. The van der Waals surface area contributed by atoms with Crippen molar-refractivity contribution in [1.29, 1.82) is 0 Å². The number of rotatable bonds is 8. The fourth-order valence-electron chi connectivity index (χ4n) is 4.68. The minimum absolute atomic E-state index is 0.145. The van der Waals surface area contributed by atoms with Gasteiger partial charge in [-0.05, 0) is 67.1 Å². The minimum atomic E-state index is -0.919. The first kappa shape index (κ1) is 27.7. The largest absolute Gasteiger partial charge is 0.508 e. The molecule has 0 spiro atoms. The average molecular weight is 510 g/mol. The number of aryl methyl sites for hydroxylation is 2. The van der Waals surface area contributed by atoms with Gasteiger partial charge < -0.3 is 31.7 Å². The van der Waals surface area contributed by atoms with Gasteiger partial charge in [-0.3, -0.25) is 19.2 Å². The van der Waals surface area contributed by atoms with Gasteiger partial charge in [0, 0.05) is 20.0 Å². The van der Waals surface area contributed by atoms with Crippen molar-refractivity contribution in [3.05, 3.63) is 64.2 Å². The highest BCUT2D eigenvalue weighted by atomic mass is 16.3. The average Bonchev–Trinajstić information content (AvgIpc) is 2.95. The summed E-state index contributed by atoms with van der Waals surface area (Å²) in [5, 5.41) is 12.5. The quantitative estimate of drug-likeness (QED) is 0.400. The Morgan fingerprint density at radius 2 is 1.76 bits per heavy atom. The van der Waals surface area contributed by atoms with Crippen LogP contribution in [-0.4, -0.2) is 70.3 Å². The highest BCUT2D eigenvalue weighted by molar-refractivity contribution is 5.94. The Bertz CT molecular complexity index is 1190. The van der Waals surface area contributed by atoms with Gasteiger partial charge in [-0.2, -0.15) is 0 Å². The first-order valence-electron chi connectivity index (χ1n) is 12.1. The zero-order chi connectivity index (χ0) is 27.4. The van der Waals surface area contributed by atoms with Crippen LogP contribution in [0.1, 0.15) is 34.7 Å². The summed E-state index contributed by atoms with van der Waals surface area (Å²) < 4.78 is 0. The van der Waals surface area contributed by atoms with E-state index in [9.17, 15) is 24.3 Å². The predicted molar refractivity (Wildman–Crippen MR) is 138 cm³/mol. The van der Waals surface area contributed by atoms with Crippen LogP contribution < -0.4 is 16.8 Å². The number of phenolic OH excluding ortho intramolecular Hbond substituents is 1. The van der Waals surface area contributed by atoms with Gasteiger partial charge in [-0.15, -0.1) is 0 Å². The molecule has 4 amide bonds. The maximum absolute atomic E-state index is 13.2. The molecule has 3 rings (SSSR count). The summed E-state index contributed by atoms with van der Waals surface area (Å²) in [6.07, 6.45) is 0.495. The minimum Gasteiger partial charge on any atom is -0.508 e. The summed E-state index contributed by atoms with van der Waals surface area (Å²) in [5.74, 6) is -1.87. The van der Waals surface area contributed by atoms with E-state index < -0.39 is 41.8 Å². The SMILES string of the molecule is Cc1cc(O)cc(C)c1C[C@H](N)C(=O)N(C)[C@H](C)C(=O)N[C@H]1Cc2ccccc2CN(CC(N)=O)C1=O. The third kappa shape index (κ3) is 6.45. The molecule has 6 N–H and O–H groups in total.